The summed E-state index contributed by atoms with van der Waals surface area (Å²) in [6, 6.07) is 10.00. The van der Waals surface area contributed by atoms with Crippen molar-refractivity contribution in [3.63, 3.8) is 0 Å². The van der Waals surface area contributed by atoms with Gasteiger partial charge in [0.2, 0.25) is 15.9 Å². The van der Waals surface area contributed by atoms with E-state index in [2.05, 4.69) is 4.72 Å². The van der Waals surface area contributed by atoms with E-state index < -0.39 is 33.5 Å². The number of halogens is 3. The summed E-state index contributed by atoms with van der Waals surface area (Å²) in [7, 11) is -4.61. The summed E-state index contributed by atoms with van der Waals surface area (Å²) >= 11 is 6.26. The van der Waals surface area contributed by atoms with Gasteiger partial charge in [-0.2, -0.15) is 13.5 Å². The summed E-state index contributed by atoms with van der Waals surface area (Å²) in [4.78, 5) is 15.4. The average Bonchev–Trinajstić information content (AvgIpc) is 3.65. The normalized spacial score (nSPS) is 22.5. The van der Waals surface area contributed by atoms with Gasteiger partial charge in [0.25, 0.3) is 5.92 Å². The molecule has 254 valence electrons. The van der Waals surface area contributed by atoms with Gasteiger partial charge in [-0.3, -0.25) is 4.79 Å². The summed E-state index contributed by atoms with van der Waals surface area (Å²) < 4.78 is 75.0. The van der Waals surface area contributed by atoms with E-state index in [0.29, 0.717) is 43.2 Å². The van der Waals surface area contributed by atoms with Crippen LogP contribution in [0.25, 0.3) is 10.8 Å². The molecule has 47 heavy (non-hydrogen) atoms. The molecular weight excluding hydrogens is 648 g/mol. The van der Waals surface area contributed by atoms with Crippen LogP contribution in [-0.4, -0.2) is 56.1 Å². The molecule has 0 radical (unpaired) electrons. The molecule has 0 aromatic heterocycles. The quantitative estimate of drug-likeness (QED) is 0.200. The van der Waals surface area contributed by atoms with E-state index in [0.717, 1.165) is 49.6 Å². The van der Waals surface area contributed by atoms with Crippen molar-refractivity contribution in [1.82, 2.24) is 9.62 Å². The maximum absolute atomic E-state index is 16.7. The van der Waals surface area contributed by atoms with Gasteiger partial charge in [-0.05, 0) is 105 Å². The highest BCUT2D eigenvalue weighted by Gasteiger charge is 2.54. The van der Waals surface area contributed by atoms with Crippen molar-refractivity contribution in [2.45, 2.75) is 112 Å². The summed E-state index contributed by atoms with van der Waals surface area (Å²) in [6.45, 7) is 2.24. The fraction of sp³-hybridized carbons (Fsp3) is 0.514. The minimum atomic E-state index is -4.61. The Morgan fingerprint density at radius 1 is 1.02 bits per heavy atom. The molecular formula is C35H42ClF2N3O5S. The lowest BCUT2D eigenvalue weighted by molar-refractivity contribution is -0.149. The molecule has 3 aromatic carbocycles. The van der Waals surface area contributed by atoms with Crippen molar-refractivity contribution in [3.05, 3.63) is 65.2 Å². The van der Waals surface area contributed by atoms with Gasteiger partial charge in [-0.25, -0.2) is 8.42 Å². The number of nitrogens with two attached hydrogens (primary N) is 1. The summed E-state index contributed by atoms with van der Waals surface area (Å²) in [5, 5.41) is 1.48. The molecule has 2 saturated heterocycles. The van der Waals surface area contributed by atoms with E-state index in [-0.39, 0.29) is 46.5 Å². The van der Waals surface area contributed by atoms with Crippen molar-refractivity contribution in [1.29, 1.82) is 0 Å². The number of fused-ring (bicyclic) bond motifs is 3. The third kappa shape index (κ3) is 7.23. The number of sulfonamides is 1. The SMILES string of the molecule is CCCCOc1cc(C(F)(F)C(NS(=O)(=O)c2ccc3cc(OC4CCCC4)ccc3c2)C(=O)N2C3CCC2CC(N)C3)ccc1Cl. The van der Waals surface area contributed by atoms with Gasteiger partial charge >= 0.3 is 0 Å². The Balaban J connectivity index is 1.32. The molecule has 8 nitrogen and oxygen atoms in total. The van der Waals surface area contributed by atoms with Crippen molar-refractivity contribution < 1.29 is 31.5 Å². The maximum atomic E-state index is 16.7. The zero-order valence-corrected chi connectivity index (χ0v) is 28.0. The first-order valence-electron chi connectivity index (χ1n) is 16.6. The van der Waals surface area contributed by atoms with Gasteiger partial charge in [-0.1, -0.05) is 43.1 Å². The Morgan fingerprint density at radius 2 is 1.70 bits per heavy atom. The van der Waals surface area contributed by atoms with Crippen molar-refractivity contribution >= 4 is 38.3 Å². The summed E-state index contributed by atoms with van der Waals surface area (Å²) in [5.41, 5.74) is 5.61. The topological polar surface area (TPSA) is 111 Å². The molecule has 3 unspecified atom stereocenters. The van der Waals surface area contributed by atoms with Crippen LogP contribution >= 0.6 is 11.6 Å². The number of alkyl halides is 2. The van der Waals surface area contributed by atoms with Gasteiger partial charge in [0, 0.05) is 23.7 Å². The van der Waals surface area contributed by atoms with Crippen LogP contribution in [0.2, 0.25) is 5.02 Å². The first-order valence-corrected chi connectivity index (χ1v) is 18.4. The number of carbonyl (C=O) groups excluding carboxylic acids is 1. The highest BCUT2D eigenvalue weighted by Crippen LogP contribution is 2.41. The molecule has 1 aliphatic carbocycles. The number of nitrogens with zero attached hydrogens (tertiary/aromatic N) is 1. The first-order chi connectivity index (χ1) is 22.5. The standard InChI is InChI=1S/C35H42ClF2N3O5S/c1-2-3-16-45-32-19-24(10-15-31(32)36)35(37,38)33(34(42)41-26-11-12-27(41)21-25(39)20-26)40-47(43,44)30-14-9-22-17-29(13-8-23(22)18-30)46-28-6-4-5-7-28/h8-10,13-15,17-19,25-28,33,40H,2-7,11-12,16,20-21,39H2,1H3. The smallest absolute Gasteiger partial charge is 0.298 e. The number of hydrogen-bond donors (Lipinski definition) is 2. The molecule has 3 aliphatic rings. The molecule has 3 aromatic rings. The largest absolute Gasteiger partial charge is 0.492 e. The van der Waals surface area contributed by atoms with E-state index >= 15 is 8.78 Å². The van der Waals surface area contributed by atoms with E-state index in [1.807, 2.05) is 13.0 Å². The number of nitrogens with one attached hydrogen (secondary N) is 1. The van der Waals surface area contributed by atoms with Crippen molar-refractivity contribution in [2.75, 3.05) is 6.61 Å². The predicted molar refractivity (Wildman–Crippen MR) is 178 cm³/mol. The predicted octanol–water partition coefficient (Wildman–Crippen LogP) is 6.91. The van der Waals surface area contributed by atoms with Crippen LogP contribution in [0.4, 0.5) is 8.78 Å². The van der Waals surface area contributed by atoms with Crippen LogP contribution in [0.15, 0.2) is 59.5 Å². The highest BCUT2D eigenvalue weighted by molar-refractivity contribution is 7.89. The number of ether oxygens (including phenoxy) is 2. The van der Waals surface area contributed by atoms with Crippen molar-refractivity contribution in [3.8, 4) is 11.5 Å². The molecule has 3 fully saturated rings. The second kappa shape index (κ2) is 13.9. The first kappa shape index (κ1) is 33.9. The van der Waals surface area contributed by atoms with Crippen LogP contribution in [-0.2, 0) is 20.7 Å². The Morgan fingerprint density at radius 3 is 2.40 bits per heavy atom. The van der Waals surface area contributed by atoms with Crippen LogP contribution in [0.5, 0.6) is 11.5 Å². The van der Waals surface area contributed by atoms with Gasteiger partial charge in [-0.15, -0.1) is 0 Å². The molecule has 3 atom stereocenters. The van der Waals surface area contributed by atoms with Gasteiger partial charge in [0.1, 0.15) is 11.5 Å². The lowest BCUT2D eigenvalue weighted by Crippen LogP contribution is -2.60. The molecule has 12 heteroatoms. The number of benzene rings is 3. The van der Waals surface area contributed by atoms with Crippen LogP contribution < -0.4 is 19.9 Å². The van der Waals surface area contributed by atoms with Crippen LogP contribution in [0.3, 0.4) is 0 Å². The molecule has 0 spiro atoms. The van der Waals surface area contributed by atoms with Crippen LogP contribution in [0.1, 0.15) is 76.7 Å². The fourth-order valence-corrected chi connectivity index (χ4v) is 8.58. The highest BCUT2D eigenvalue weighted by atomic mass is 35.5. The number of piperidine rings is 1. The fourth-order valence-electron chi connectivity index (χ4n) is 7.19. The molecule has 3 N–H and O–H groups in total. The third-order valence-corrected chi connectivity index (χ3v) is 11.4. The average molecular weight is 690 g/mol. The van der Waals surface area contributed by atoms with Gasteiger partial charge < -0.3 is 20.1 Å². The molecule has 1 saturated carbocycles. The minimum absolute atomic E-state index is 0.0428. The molecule has 2 aliphatic heterocycles. The summed E-state index contributed by atoms with van der Waals surface area (Å²) in [5.74, 6) is -4.20. The van der Waals surface area contributed by atoms with E-state index in [1.165, 1.54) is 23.1 Å². The number of hydrogen-bond acceptors (Lipinski definition) is 6. The van der Waals surface area contributed by atoms with Gasteiger partial charge in [0.15, 0.2) is 6.04 Å². The Kier molecular flexibility index (Phi) is 9.99. The van der Waals surface area contributed by atoms with E-state index in [1.54, 1.807) is 18.2 Å². The lowest BCUT2D eigenvalue weighted by atomic mass is 9.94. The molecule has 2 heterocycles. The second-order valence-electron chi connectivity index (χ2n) is 13.1. The Labute approximate surface area is 280 Å². The molecule has 2 bridgehead atoms. The number of amides is 1. The molecule has 1 amide bonds. The van der Waals surface area contributed by atoms with E-state index in [4.69, 9.17) is 26.8 Å². The van der Waals surface area contributed by atoms with E-state index in [9.17, 15) is 13.2 Å². The Bertz CT molecular complexity index is 1700. The maximum Gasteiger partial charge on any atom is 0.298 e. The van der Waals surface area contributed by atoms with Gasteiger partial charge in [0.05, 0.1) is 22.6 Å². The second-order valence-corrected chi connectivity index (χ2v) is 15.2. The minimum Gasteiger partial charge on any atom is -0.492 e. The molecule has 6 rings (SSSR count). The zero-order chi connectivity index (χ0) is 33.3. The number of unbranched alkanes of at least 4 members (excludes halogenated alkanes) is 1. The summed E-state index contributed by atoms with van der Waals surface area (Å²) in [6.07, 6.45) is 8.16. The number of rotatable bonds is 12. The van der Waals surface area contributed by atoms with Crippen LogP contribution in [0, 0.1) is 0 Å². The number of carbonyl (C=O) groups is 1. The lowest BCUT2D eigenvalue weighted by Gasteiger charge is -2.41. The van der Waals surface area contributed by atoms with Crippen molar-refractivity contribution in [2.24, 2.45) is 5.73 Å². The Hall–Kier alpha value is -2.99. The monoisotopic (exact) mass is 689 g/mol. The third-order valence-electron chi connectivity index (χ3n) is 9.68. The zero-order valence-electron chi connectivity index (χ0n) is 26.5.